The minimum Gasteiger partial charge on any atom is -0.490 e. The molecule has 0 aliphatic carbocycles. The van der Waals surface area contributed by atoms with Crippen LogP contribution >= 0.6 is 0 Å². The molecular weight excluding hydrogens is 391 g/mol. The minimum absolute atomic E-state index is 0.125. The fourth-order valence-corrected chi connectivity index (χ4v) is 2.50. The lowest BCUT2D eigenvalue weighted by Crippen LogP contribution is -2.19. The highest BCUT2D eigenvalue weighted by Gasteiger charge is 2.32. The molecule has 0 atom stereocenters. The number of benzene rings is 2. The van der Waals surface area contributed by atoms with Gasteiger partial charge in [-0.05, 0) is 45.0 Å². The topological polar surface area (TPSA) is 66.0 Å². The van der Waals surface area contributed by atoms with Gasteiger partial charge in [0.15, 0.2) is 17.2 Å². The third-order valence-corrected chi connectivity index (χ3v) is 3.53. The first-order valence-corrected chi connectivity index (χ1v) is 9.01. The van der Waals surface area contributed by atoms with Crippen LogP contribution in [-0.4, -0.2) is 32.1 Å². The van der Waals surface area contributed by atoms with E-state index in [2.05, 4.69) is 10.1 Å². The zero-order valence-electron chi connectivity index (χ0n) is 16.3. The standard InChI is InChI=1S/C20H22F3NO5/c1-4-26-16-11-13(12-17(27-5-2)18(16)28-6-3)19(25)24-14-9-7-8-10-15(14)29-20(21,22)23/h7-12H,4-6H2,1-3H3,(H,24,25). The molecule has 1 N–H and O–H groups in total. The number of halogens is 3. The molecule has 0 aliphatic heterocycles. The highest BCUT2D eigenvalue weighted by atomic mass is 19.4. The Labute approximate surface area is 166 Å². The first-order chi connectivity index (χ1) is 13.8. The van der Waals surface area contributed by atoms with Gasteiger partial charge in [0.1, 0.15) is 0 Å². The van der Waals surface area contributed by atoms with E-state index >= 15 is 0 Å². The van der Waals surface area contributed by atoms with E-state index in [-0.39, 0.29) is 11.3 Å². The summed E-state index contributed by atoms with van der Waals surface area (Å²) in [4.78, 5) is 12.7. The maximum absolute atomic E-state index is 12.7. The van der Waals surface area contributed by atoms with Crippen molar-refractivity contribution in [2.45, 2.75) is 27.1 Å². The van der Waals surface area contributed by atoms with Gasteiger partial charge in [0, 0.05) is 5.56 Å². The third kappa shape index (κ3) is 6.20. The van der Waals surface area contributed by atoms with Crippen molar-refractivity contribution in [1.29, 1.82) is 0 Å². The zero-order valence-corrected chi connectivity index (χ0v) is 16.3. The number of rotatable bonds is 9. The van der Waals surface area contributed by atoms with Gasteiger partial charge in [-0.15, -0.1) is 13.2 Å². The Balaban J connectivity index is 2.38. The van der Waals surface area contributed by atoms with Crippen molar-refractivity contribution < 1.29 is 36.9 Å². The Hall–Kier alpha value is -3.10. The quantitative estimate of drug-likeness (QED) is 0.624. The van der Waals surface area contributed by atoms with Crippen LogP contribution in [0.2, 0.25) is 0 Å². The lowest BCUT2D eigenvalue weighted by atomic mass is 10.1. The molecule has 0 radical (unpaired) electrons. The molecule has 0 heterocycles. The third-order valence-electron chi connectivity index (χ3n) is 3.53. The van der Waals surface area contributed by atoms with Gasteiger partial charge in [-0.1, -0.05) is 12.1 Å². The zero-order chi connectivity index (χ0) is 21.4. The summed E-state index contributed by atoms with van der Waals surface area (Å²) in [6.07, 6.45) is -4.88. The summed E-state index contributed by atoms with van der Waals surface area (Å²) in [6.45, 7) is 6.33. The fourth-order valence-electron chi connectivity index (χ4n) is 2.50. The van der Waals surface area contributed by atoms with Crippen molar-refractivity contribution in [3.63, 3.8) is 0 Å². The summed E-state index contributed by atoms with van der Waals surface area (Å²) in [5.74, 6) is -0.230. The predicted molar refractivity (Wildman–Crippen MR) is 101 cm³/mol. The van der Waals surface area contributed by atoms with Gasteiger partial charge in [-0.25, -0.2) is 0 Å². The fraction of sp³-hybridized carbons (Fsp3) is 0.350. The lowest BCUT2D eigenvalue weighted by molar-refractivity contribution is -0.274. The van der Waals surface area contributed by atoms with E-state index in [1.165, 1.54) is 30.3 Å². The number of hydrogen-bond acceptors (Lipinski definition) is 5. The van der Waals surface area contributed by atoms with Gasteiger partial charge >= 0.3 is 6.36 Å². The largest absolute Gasteiger partial charge is 0.573 e. The first kappa shape index (κ1) is 22.2. The van der Waals surface area contributed by atoms with Crippen molar-refractivity contribution in [3.05, 3.63) is 42.0 Å². The van der Waals surface area contributed by atoms with E-state index in [1.807, 2.05) is 0 Å². The molecule has 0 aromatic heterocycles. The van der Waals surface area contributed by atoms with E-state index in [9.17, 15) is 18.0 Å². The van der Waals surface area contributed by atoms with E-state index < -0.39 is 18.0 Å². The average molecular weight is 413 g/mol. The Kier molecular flexibility index (Phi) is 7.58. The SMILES string of the molecule is CCOc1cc(C(=O)Nc2ccccc2OC(F)(F)F)cc(OCC)c1OCC. The van der Waals surface area contributed by atoms with Gasteiger partial charge in [-0.2, -0.15) is 0 Å². The second kappa shape index (κ2) is 9.90. The molecule has 0 saturated heterocycles. The first-order valence-electron chi connectivity index (χ1n) is 9.01. The number of anilines is 1. The van der Waals surface area contributed by atoms with E-state index in [1.54, 1.807) is 20.8 Å². The number of para-hydroxylation sites is 2. The van der Waals surface area contributed by atoms with E-state index in [4.69, 9.17) is 14.2 Å². The molecule has 0 saturated carbocycles. The van der Waals surface area contributed by atoms with Crippen molar-refractivity contribution in [1.82, 2.24) is 0 Å². The molecular formula is C20H22F3NO5. The highest BCUT2D eigenvalue weighted by molar-refractivity contribution is 6.05. The Morgan fingerprint density at radius 2 is 1.45 bits per heavy atom. The molecule has 6 nitrogen and oxygen atoms in total. The number of carbonyl (C=O) groups is 1. The van der Waals surface area contributed by atoms with Crippen molar-refractivity contribution in [2.24, 2.45) is 0 Å². The minimum atomic E-state index is -4.88. The number of nitrogens with one attached hydrogen (secondary N) is 1. The van der Waals surface area contributed by atoms with E-state index in [0.29, 0.717) is 37.1 Å². The summed E-state index contributed by atoms with van der Waals surface area (Å²) in [5, 5.41) is 2.42. The second-order valence-corrected chi connectivity index (χ2v) is 5.60. The molecule has 2 aromatic rings. The molecule has 0 spiro atoms. The van der Waals surface area contributed by atoms with Crippen LogP contribution in [-0.2, 0) is 0 Å². The summed E-state index contributed by atoms with van der Waals surface area (Å²) < 4.78 is 58.4. The average Bonchev–Trinajstić information content (AvgIpc) is 2.65. The van der Waals surface area contributed by atoms with Crippen LogP contribution in [0, 0.1) is 0 Å². The molecule has 158 valence electrons. The van der Waals surface area contributed by atoms with Crippen molar-refractivity contribution in [2.75, 3.05) is 25.1 Å². The van der Waals surface area contributed by atoms with Gasteiger partial charge in [0.25, 0.3) is 5.91 Å². The van der Waals surface area contributed by atoms with Crippen LogP contribution < -0.4 is 24.3 Å². The van der Waals surface area contributed by atoms with Crippen LogP contribution in [0.4, 0.5) is 18.9 Å². The molecule has 0 fully saturated rings. The Morgan fingerprint density at radius 1 is 0.897 bits per heavy atom. The van der Waals surface area contributed by atoms with Crippen molar-refractivity contribution >= 4 is 11.6 Å². The maximum atomic E-state index is 12.7. The number of hydrogen-bond donors (Lipinski definition) is 1. The summed E-state index contributed by atoms with van der Waals surface area (Å²) in [5.41, 5.74) is 0.00166. The van der Waals surface area contributed by atoms with Crippen LogP contribution in [0.25, 0.3) is 0 Å². The van der Waals surface area contributed by atoms with Gasteiger partial charge in [0.05, 0.1) is 25.5 Å². The van der Waals surface area contributed by atoms with Crippen LogP contribution in [0.3, 0.4) is 0 Å². The van der Waals surface area contributed by atoms with Crippen molar-refractivity contribution in [3.8, 4) is 23.0 Å². The Morgan fingerprint density at radius 3 is 1.97 bits per heavy atom. The summed E-state index contributed by atoms with van der Waals surface area (Å²) in [6, 6.07) is 8.15. The van der Waals surface area contributed by atoms with Crippen LogP contribution in [0.1, 0.15) is 31.1 Å². The van der Waals surface area contributed by atoms with Crippen LogP contribution in [0.5, 0.6) is 23.0 Å². The smallest absolute Gasteiger partial charge is 0.490 e. The molecule has 29 heavy (non-hydrogen) atoms. The van der Waals surface area contributed by atoms with Gasteiger partial charge in [0.2, 0.25) is 5.75 Å². The number of ether oxygens (including phenoxy) is 4. The predicted octanol–water partition coefficient (Wildman–Crippen LogP) is 5.03. The molecule has 2 aromatic carbocycles. The van der Waals surface area contributed by atoms with E-state index in [0.717, 1.165) is 6.07 Å². The molecule has 1 amide bonds. The Bertz CT molecular complexity index is 812. The molecule has 9 heteroatoms. The maximum Gasteiger partial charge on any atom is 0.573 e. The molecule has 0 bridgehead atoms. The summed E-state index contributed by atoms with van der Waals surface area (Å²) in [7, 11) is 0. The molecule has 2 rings (SSSR count). The lowest BCUT2D eigenvalue weighted by Gasteiger charge is -2.17. The highest BCUT2D eigenvalue weighted by Crippen LogP contribution is 2.39. The number of amides is 1. The van der Waals surface area contributed by atoms with Crippen LogP contribution in [0.15, 0.2) is 36.4 Å². The van der Waals surface area contributed by atoms with Gasteiger partial charge < -0.3 is 24.3 Å². The van der Waals surface area contributed by atoms with Gasteiger partial charge in [-0.3, -0.25) is 4.79 Å². The number of carbonyl (C=O) groups excluding carboxylic acids is 1. The normalized spacial score (nSPS) is 11.0. The summed E-state index contributed by atoms with van der Waals surface area (Å²) >= 11 is 0. The molecule has 0 unspecified atom stereocenters. The second-order valence-electron chi connectivity index (χ2n) is 5.60. The number of alkyl halides is 3. The monoisotopic (exact) mass is 413 g/mol. The molecule has 0 aliphatic rings.